The van der Waals surface area contributed by atoms with Gasteiger partial charge >= 0.3 is 0 Å². The minimum Gasteiger partial charge on any atom is -0.456 e. The van der Waals surface area contributed by atoms with E-state index in [9.17, 15) is 4.11 Å². The Morgan fingerprint density at radius 2 is 1.09 bits per heavy atom. The second-order valence-electron chi connectivity index (χ2n) is 25.9. The SMILES string of the molecule is [2H]C([2H])([2H])c1cc2c3c(c1)N(c1cc4c(cc1C)C(C)(C)CCC4(C)C)c1cc4c(cc1B3c1ccc(N(c3ccccc3)c3ccccc3)cc1N2c1cc(C(C)(C)C)c2oc3ccccc3c2c1)C(C)(C)CC4(C)C. The predicted molar refractivity (Wildman–Crippen MR) is 317 cm³/mol. The summed E-state index contributed by atoms with van der Waals surface area (Å²) >= 11 is 0. The molecule has 4 aliphatic rings. The first-order valence-electron chi connectivity index (χ1n) is 28.5. The number of fused-ring (bicyclic) bond motifs is 9. The van der Waals surface area contributed by atoms with Gasteiger partial charge in [0.05, 0.1) is 0 Å². The highest BCUT2D eigenvalue weighted by molar-refractivity contribution is 7.00. The number of benzene rings is 8. The Labute approximate surface area is 444 Å². The predicted octanol–water partition coefficient (Wildman–Crippen LogP) is 17.4. The highest BCUT2D eigenvalue weighted by Gasteiger charge is 2.49. The highest BCUT2D eigenvalue weighted by Crippen LogP contribution is 2.55. The second kappa shape index (κ2) is 15.8. The molecule has 0 atom stereocenters. The Hall–Kier alpha value is -6.98. The number of rotatable bonds is 5. The van der Waals surface area contributed by atoms with Crippen molar-refractivity contribution in [2.75, 3.05) is 14.7 Å². The molecule has 13 rings (SSSR count). The summed E-state index contributed by atoms with van der Waals surface area (Å²) in [5.74, 6) is 0. The average Bonchev–Trinajstić information content (AvgIpc) is 3.92. The lowest BCUT2D eigenvalue weighted by Crippen LogP contribution is -2.61. The molecule has 0 N–H and O–H groups in total. The maximum atomic E-state index is 9.37. The molecule has 0 radical (unpaired) electrons. The van der Waals surface area contributed by atoms with Crippen molar-refractivity contribution in [3.8, 4) is 0 Å². The smallest absolute Gasteiger partial charge is 0.252 e. The molecule has 8 aromatic carbocycles. The van der Waals surface area contributed by atoms with E-state index in [0.717, 1.165) is 103 Å². The van der Waals surface area contributed by atoms with E-state index >= 15 is 0 Å². The van der Waals surface area contributed by atoms with E-state index in [4.69, 9.17) is 4.42 Å². The van der Waals surface area contributed by atoms with Crippen molar-refractivity contribution in [2.24, 2.45) is 0 Å². The lowest BCUT2D eigenvalue weighted by molar-refractivity contribution is 0.332. The van der Waals surface area contributed by atoms with Crippen LogP contribution in [0.3, 0.4) is 0 Å². The number of nitrogens with zero attached hydrogens (tertiary/aromatic N) is 3. The van der Waals surface area contributed by atoms with Crippen molar-refractivity contribution in [3.05, 3.63) is 191 Å². The summed E-state index contributed by atoms with van der Waals surface area (Å²) < 4.78 is 34.9. The van der Waals surface area contributed by atoms with E-state index in [-0.39, 0.29) is 33.8 Å². The molecule has 3 heterocycles. The summed E-state index contributed by atoms with van der Waals surface area (Å²) in [4.78, 5) is 7.23. The van der Waals surface area contributed by atoms with E-state index in [1.807, 2.05) is 18.2 Å². The van der Waals surface area contributed by atoms with Crippen LogP contribution in [0.1, 0.15) is 138 Å². The Balaban J connectivity index is 1.19. The quantitative estimate of drug-likeness (QED) is 0.160. The molecular formula is C69H70BN3O. The molecule has 0 spiro atoms. The third-order valence-electron chi connectivity index (χ3n) is 17.8. The van der Waals surface area contributed by atoms with Crippen molar-refractivity contribution in [3.63, 3.8) is 0 Å². The van der Waals surface area contributed by atoms with E-state index in [1.165, 1.54) is 38.7 Å². The van der Waals surface area contributed by atoms with Crippen LogP contribution in [-0.4, -0.2) is 6.71 Å². The Bertz CT molecular complexity index is 3880. The normalized spacial score (nSPS) is 18.2. The van der Waals surface area contributed by atoms with Gasteiger partial charge in [-0.15, -0.1) is 0 Å². The number of para-hydroxylation sites is 3. The van der Waals surface area contributed by atoms with Gasteiger partial charge in [-0.05, 0) is 189 Å². The summed E-state index contributed by atoms with van der Waals surface area (Å²) in [6.45, 7) is 25.6. The molecular weight excluding hydrogens is 898 g/mol. The van der Waals surface area contributed by atoms with Crippen LogP contribution in [0.4, 0.5) is 51.2 Å². The molecule has 4 nitrogen and oxygen atoms in total. The standard InChI is InChI=1S/C69H70BN3O/c1-42-32-60-63-61(33-42)73(57-39-52-50(34-43(57)2)66(6,7)30-31-67(52,8)9)59-40-53-51(68(10,11)41-69(53,12)13)38-56(59)70(63)55-29-28-46(71(44-22-16-14-17-23-44)45-24-18-15-19-25-45)37-58(55)72(60)47-35-49-48-26-20-21-27-62(48)74-64(49)54(36-47)65(3,4)5/h14-29,32-40H,30-31,41H2,1-13H3/i1D3. The number of furan rings is 1. The number of aryl methyl sites for hydroxylation is 2. The van der Waals surface area contributed by atoms with Gasteiger partial charge in [0, 0.05) is 71.6 Å². The third kappa shape index (κ3) is 6.94. The van der Waals surface area contributed by atoms with Crippen LogP contribution < -0.4 is 31.1 Å². The zero-order chi connectivity index (χ0) is 54.1. The first-order valence-corrected chi connectivity index (χ1v) is 27.0. The van der Waals surface area contributed by atoms with Crippen molar-refractivity contribution in [1.29, 1.82) is 0 Å². The fraction of sp³-hybridized carbons (Fsp3) is 0.304. The number of anilines is 9. The number of hydrogen-bond donors (Lipinski definition) is 0. The first kappa shape index (κ1) is 43.4. The molecule has 2 aliphatic heterocycles. The molecule has 5 heteroatoms. The molecule has 2 aliphatic carbocycles. The summed E-state index contributed by atoms with van der Waals surface area (Å²) in [7, 11) is 0. The van der Waals surface area contributed by atoms with Gasteiger partial charge in [-0.2, -0.15) is 0 Å². The molecule has 9 aromatic rings. The van der Waals surface area contributed by atoms with Gasteiger partial charge < -0.3 is 19.1 Å². The second-order valence-corrected chi connectivity index (χ2v) is 25.9. The summed E-state index contributed by atoms with van der Waals surface area (Å²) in [5.41, 5.74) is 21.9. The maximum Gasteiger partial charge on any atom is 0.252 e. The minimum absolute atomic E-state index is 0.0167. The maximum absolute atomic E-state index is 9.37. The largest absolute Gasteiger partial charge is 0.456 e. The van der Waals surface area contributed by atoms with Gasteiger partial charge in [0.15, 0.2) is 0 Å². The molecule has 0 saturated heterocycles. The summed E-state index contributed by atoms with van der Waals surface area (Å²) in [6, 6.07) is 55.2. The van der Waals surface area contributed by atoms with Gasteiger partial charge in [0.2, 0.25) is 0 Å². The van der Waals surface area contributed by atoms with Gasteiger partial charge in [0.1, 0.15) is 11.2 Å². The zero-order valence-corrected chi connectivity index (χ0v) is 45.4. The highest BCUT2D eigenvalue weighted by atomic mass is 16.3. The van der Waals surface area contributed by atoms with Crippen LogP contribution in [0.2, 0.25) is 0 Å². The van der Waals surface area contributed by atoms with E-state index in [1.54, 1.807) is 0 Å². The van der Waals surface area contributed by atoms with Crippen molar-refractivity contribution in [2.45, 2.75) is 136 Å². The lowest BCUT2D eigenvalue weighted by Gasteiger charge is -2.47. The third-order valence-corrected chi connectivity index (χ3v) is 17.8. The van der Waals surface area contributed by atoms with Crippen LogP contribution >= 0.6 is 0 Å². The van der Waals surface area contributed by atoms with Crippen molar-refractivity contribution in [1.82, 2.24) is 0 Å². The fourth-order valence-corrected chi connectivity index (χ4v) is 14.2. The molecule has 0 saturated carbocycles. The van der Waals surface area contributed by atoms with E-state index in [2.05, 4.69) is 231 Å². The molecule has 74 heavy (non-hydrogen) atoms. The van der Waals surface area contributed by atoms with Crippen LogP contribution in [0, 0.1) is 13.8 Å². The molecule has 0 fully saturated rings. The molecule has 0 amide bonds. The van der Waals surface area contributed by atoms with Crippen molar-refractivity contribution >= 4 is 96.2 Å². The van der Waals surface area contributed by atoms with Gasteiger partial charge in [-0.1, -0.05) is 149 Å². The Kier molecular flexibility index (Phi) is 9.26. The van der Waals surface area contributed by atoms with Gasteiger partial charge in [-0.3, -0.25) is 0 Å². The molecule has 0 unspecified atom stereocenters. The average molecular weight is 971 g/mol. The monoisotopic (exact) mass is 971 g/mol. The summed E-state index contributed by atoms with van der Waals surface area (Å²) in [5, 5.41) is 2.08. The Morgan fingerprint density at radius 3 is 1.74 bits per heavy atom. The lowest BCUT2D eigenvalue weighted by atomic mass is 9.33. The van der Waals surface area contributed by atoms with Crippen molar-refractivity contribution < 1.29 is 8.53 Å². The van der Waals surface area contributed by atoms with Crippen LogP contribution in [0.5, 0.6) is 0 Å². The molecule has 0 bridgehead atoms. The molecule has 1 aromatic heterocycles. The first-order chi connectivity index (χ1) is 36.3. The zero-order valence-electron chi connectivity index (χ0n) is 48.4. The van der Waals surface area contributed by atoms with E-state index in [0.29, 0.717) is 5.56 Å². The minimum atomic E-state index is -2.43. The van der Waals surface area contributed by atoms with Crippen LogP contribution in [-0.2, 0) is 27.1 Å². The van der Waals surface area contributed by atoms with Gasteiger partial charge in [0.25, 0.3) is 6.71 Å². The fourth-order valence-electron chi connectivity index (χ4n) is 14.2. The van der Waals surface area contributed by atoms with E-state index < -0.39 is 6.85 Å². The van der Waals surface area contributed by atoms with Crippen LogP contribution in [0.25, 0.3) is 21.9 Å². The molecule has 370 valence electrons. The summed E-state index contributed by atoms with van der Waals surface area (Å²) in [6.07, 6.45) is 3.23. The number of hydrogen-bond acceptors (Lipinski definition) is 4. The Morgan fingerprint density at radius 1 is 0.527 bits per heavy atom. The topological polar surface area (TPSA) is 22.9 Å². The van der Waals surface area contributed by atoms with Crippen LogP contribution in [0.15, 0.2) is 156 Å². The van der Waals surface area contributed by atoms with Gasteiger partial charge in [-0.25, -0.2) is 0 Å².